The summed E-state index contributed by atoms with van der Waals surface area (Å²) in [5, 5.41) is 2.99. The van der Waals surface area contributed by atoms with E-state index in [9.17, 15) is 13.2 Å². The Morgan fingerprint density at radius 2 is 1.94 bits per heavy atom. The van der Waals surface area contributed by atoms with Gasteiger partial charge < -0.3 is 10.3 Å². The zero-order valence-corrected chi connectivity index (χ0v) is 19.3. The van der Waals surface area contributed by atoms with Crippen LogP contribution < -0.4 is 5.32 Å². The van der Waals surface area contributed by atoms with Crippen LogP contribution in [0.25, 0.3) is 0 Å². The van der Waals surface area contributed by atoms with Gasteiger partial charge in [0.2, 0.25) is 10.0 Å². The summed E-state index contributed by atoms with van der Waals surface area (Å²) in [4.78, 5) is 18.1. The predicted molar refractivity (Wildman–Crippen MR) is 124 cm³/mol. The van der Waals surface area contributed by atoms with E-state index in [1.807, 2.05) is 6.07 Å². The van der Waals surface area contributed by atoms with Crippen LogP contribution in [-0.4, -0.2) is 72.7 Å². The number of benzene rings is 1. The lowest BCUT2D eigenvalue weighted by atomic mass is 9.97. The van der Waals surface area contributed by atoms with Gasteiger partial charge in [-0.1, -0.05) is 30.3 Å². The molecular formula is C22H30N4O3S2. The van der Waals surface area contributed by atoms with Crippen molar-refractivity contribution >= 4 is 27.7 Å². The molecule has 2 fully saturated rings. The molecule has 1 aromatic carbocycles. The van der Waals surface area contributed by atoms with Gasteiger partial charge in [0.05, 0.1) is 0 Å². The number of nitrogens with zero attached hydrogens (tertiary/aromatic N) is 2. The van der Waals surface area contributed by atoms with Crippen LogP contribution in [0.1, 0.15) is 28.9 Å². The molecular weight excluding hydrogens is 432 g/mol. The number of hydrogen-bond acceptors (Lipinski definition) is 5. The number of aromatic amines is 1. The fourth-order valence-electron chi connectivity index (χ4n) is 4.23. The topological polar surface area (TPSA) is 85.5 Å². The number of nitrogens with one attached hydrogen (secondary N) is 2. The van der Waals surface area contributed by atoms with Crippen LogP contribution >= 0.6 is 11.8 Å². The number of thioether (sulfide) groups is 1. The number of amides is 1. The molecule has 31 heavy (non-hydrogen) atoms. The summed E-state index contributed by atoms with van der Waals surface area (Å²) in [7, 11) is -3.55. The Morgan fingerprint density at radius 3 is 2.71 bits per heavy atom. The second-order valence-corrected chi connectivity index (χ2v) is 11.4. The van der Waals surface area contributed by atoms with Crippen molar-refractivity contribution in [2.75, 3.05) is 44.2 Å². The Labute approximate surface area is 188 Å². The number of H-pyrrole nitrogens is 1. The smallest absolute Gasteiger partial charge is 0.267 e. The average molecular weight is 463 g/mol. The lowest BCUT2D eigenvalue weighted by Gasteiger charge is -2.32. The molecule has 0 bridgehead atoms. The normalized spacial score (nSPS) is 21.1. The van der Waals surface area contributed by atoms with Crippen molar-refractivity contribution in [3.8, 4) is 0 Å². The Morgan fingerprint density at radius 1 is 1.16 bits per heavy atom. The van der Waals surface area contributed by atoms with Gasteiger partial charge in [0.25, 0.3) is 5.91 Å². The first-order valence-corrected chi connectivity index (χ1v) is 13.4. The summed E-state index contributed by atoms with van der Waals surface area (Å²) < 4.78 is 27.0. The number of hydrogen-bond donors (Lipinski definition) is 2. The highest BCUT2D eigenvalue weighted by Crippen LogP contribution is 2.21. The molecule has 2 aliphatic heterocycles. The molecule has 4 rings (SSSR count). The molecule has 7 nitrogen and oxygen atoms in total. The molecule has 9 heteroatoms. The highest BCUT2D eigenvalue weighted by molar-refractivity contribution is 7.99. The third-order valence-corrected chi connectivity index (χ3v) is 8.73. The molecule has 0 spiro atoms. The second-order valence-electron chi connectivity index (χ2n) is 8.20. The molecule has 168 valence electrons. The molecule has 2 aliphatic rings. The second kappa shape index (κ2) is 10.2. The van der Waals surface area contributed by atoms with Crippen molar-refractivity contribution in [3.63, 3.8) is 0 Å². The molecule has 2 N–H and O–H groups in total. The summed E-state index contributed by atoms with van der Waals surface area (Å²) >= 11 is 1.76. The average Bonchev–Trinajstić information content (AvgIpc) is 3.30. The van der Waals surface area contributed by atoms with Crippen molar-refractivity contribution in [2.45, 2.75) is 24.3 Å². The van der Waals surface area contributed by atoms with Crippen LogP contribution in [-0.2, 0) is 16.6 Å². The minimum Gasteiger partial charge on any atom is -0.356 e. The van der Waals surface area contributed by atoms with Gasteiger partial charge in [0.15, 0.2) is 0 Å². The lowest BCUT2D eigenvalue weighted by molar-refractivity contribution is 0.0926. The zero-order valence-electron chi connectivity index (χ0n) is 17.6. The van der Waals surface area contributed by atoms with Gasteiger partial charge in [-0.25, -0.2) is 8.42 Å². The van der Waals surface area contributed by atoms with Crippen LogP contribution in [0.4, 0.5) is 0 Å². The highest BCUT2D eigenvalue weighted by atomic mass is 32.2. The number of piperidine rings is 1. The molecule has 1 atom stereocenters. The summed E-state index contributed by atoms with van der Waals surface area (Å²) in [5.74, 6) is 1.75. The zero-order chi connectivity index (χ0) is 21.7. The Hall–Kier alpha value is -1.81. The fourth-order valence-corrected chi connectivity index (χ4v) is 6.80. The highest BCUT2D eigenvalue weighted by Gasteiger charge is 2.28. The van der Waals surface area contributed by atoms with E-state index in [0.717, 1.165) is 44.0 Å². The van der Waals surface area contributed by atoms with Gasteiger partial charge >= 0.3 is 0 Å². The molecule has 1 amide bonds. The summed E-state index contributed by atoms with van der Waals surface area (Å²) in [5.41, 5.74) is 1.60. The maximum Gasteiger partial charge on any atom is 0.267 e. The molecule has 1 unspecified atom stereocenters. The third kappa shape index (κ3) is 5.71. The molecule has 0 saturated carbocycles. The van der Waals surface area contributed by atoms with E-state index < -0.39 is 10.0 Å². The number of rotatable bonds is 7. The minimum absolute atomic E-state index is 0.163. The lowest BCUT2D eigenvalue weighted by Crippen LogP contribution is -2.40. The standard InChI is InChI=1S/C22H30N4O3S2/c27-22(21-13-20(15-23-21)31(28,29)26-9-11-30-12-10-26)24-14-19-7-4-8-25(17-19)16-18-5-2-1-3-6-18/h1-3,5-6,13,15,19,23H,4,7-12,14,16-17H2,(H,24,27). The van der Waals surface area contributed by atoms with E-state index >= 15 is 0 Å². The molecule has 3 heterocycles. The fraction of sp³-hybridized carbons (Fsp3) is 0.500. The SMILES string of the molecule is O=C(NCC1CCCN(Cc2ccccc2)C1)c1cc(S(=O)(=O)N2CCSCC2)c[nH]1. The first kappa shape index (κ1) is 22.4. The summed E-state index contributed by atoms with van der Waals surface area (Å²) in [6.07, 6.45) is 3.63. The number of likely N-dealkylation sites (tertiary alicyclic amines) is 1. The third-order valence-electron chi connectivity index (χ3n) is 5.91. The molecule has 0 radical (unpaired) electrons. The van der Waals surface area contributed by atoms with E-state index in [1.54, 1.807) is 11.8 Å². The predicted octanol–water partition coefficient (Wildman–Crippen LogP) is 2.39. The van der Waals surface area contributed by atoms with Crippen molar-refractivity contribution in [1.29, 1.82) is 0 Å². The van der Waals surface area contributed by atoms with Gasteiger partial charge in [-0.05, 0) is 36.9 Å². The largest absolute Gasteiger partial charge is 0.356 e. The Kier molecular flexibility index (Phi) is 7.37. The first-order valence-electron chi connectivity index (χ1n) is 10.8. The van der Waals surface area contributed by atoms with E-state index in [1.165, 1.54) is 22.1 Å². The summed E-state index contributed by atoms with van der Waals surface area (Å²) in [6, 6.07) is 11.9. The van der Waals surface area contributed by atoms with Crippen LogP contribution in [0.2, 0.25) is 0 Å². The first-order chi connectivity index (χ1) is 15.0. The van der Waals surface area contributed by atoms with E-state index in [4.69, 9.17) is 0 Å². The van der Waals surface area contributed by atoms with E-state index in [-0.39, 0.29) is 10.8 Å². The van der Waals surface area contributed by atoms with Crippen molar-refractivity contribution < 1.29 is 13.2 Å². The number of carbonyl (C=O) groups is 1. The Bertz CT molecular complexity index is 972. The van der Waals surface area contributed by atoms with E-state index in [0.29, 0.717) is 31.2 Å². The van der Waals surface area contributed by atoms with Gasteiger partial charge in [-0.2, -0.15) is 16.1 Å². The molecule has 1 aromatic heterocycles. The van der Waals surface area contributed by atoms with Crippen molar-refractivity contribution in [1.82, 2.24) is 19.5 Å². The van der Waals surface area contributed by atoms with Crippen LogP contribution in [0.15, 0.2) is 47.5 Å². The summed E-state index contributed by atoms with van der Waals surface area (Å²) in [6.45, 7) is 4.58. The minimum atomic E-state index is -3.55. The quantitative estimate of drug-likeness (QED) is 0.660. The van der Waals surface area contributed by atoms with Gasteiger partial charge in [-0.15, -0.1) is 0 Å². The number of carbonyl (C=O) groups excluding carboxylic acids is 1. The van der Waals surface area contributed by atoms with Gasteiger partial charge in [0.1, 0.15) is 10.6 Å². The van der Waals surface area contributed by atoms with Crippen LogP contribution in [0.3, 0.4) is 0 Å². The van der Waals surface area contributed by atoms with Crippen molar-refractivity contribution in [3.05, 3.63) is 53.9 Å². The Balaban J connectivity index is 1.30. The number of sulfonamides is 1. The van der Waals surface area contributed by atoms with Crippen LogP contribution in [0.5, 0.6) is 0 Å². The van der Waals surface area contributed by atoms with Crippen LogP contribution in [0, 0.1) is 5.92 Å². The van der Waals surface area contributed by atoms with Crippen molar-refractivity contribution in [2.24, 2.45) is 5.92 Å². The molecule has 0 aliphatic carbocycles. The van der Waals surface area contributed by atoms with Gasteiger partial charge in [0, 0.05) is 50.4 Å². The van der Waals surface area contributed by atoms with E-state index in [2.05, 4.69) is 39.5 Å². The molecule has 2 aromatic rings. The van der Waals surface area contributed by atoms with Gasteiger partial charge in [-0.3, -0.25) is 9.69 Å². The maximum atomic E-state index is 12.8. The maximum absolute atomic E-state index is 12.8. The number of aromatic nitrogens is 1. The monoisotopic (exact) mass is 462 g/mol. The molecule has 2 saturated heterocycles.